The molecule has 1 aromatic carbocycles. The van der Waals surface area contributed by atoms with Crippen molar-refractivity contribution in [1.29, 1.82) is 0 Å². The molecule has 2 rings (SSSR count). The minimum atomic E-state index is -0.0640. The maximum atomic E-state index is 11.5. The van der Waals surface area contributed by atoms with Crippen LogP contribution < -0.4 is 5.32 Å². The van der Waals surface area contributed by atoms with Crippen molar-refractivity contribution >= 4 is 12.0 Å². The average molecular weight is 269 g/mol. The Morgan fingerprint density at radius 1 is 1.35 bits per heavy atom. The second-order valence-electron chi connectivity index (χ2n) is 4.53. The highest BCUT2D eigenvalue weighted by Gasteiger charge is 1.99. The van der Waals surface area contributed by atoms with E-state index in [0.717, 1.165) is 30.6 Å². The molecule has 0 atom stereocenters. The Bertz CT molecular complexity index is 572. The Labute approximate surface area is 119 Å². The third kappa shape index (κ3) is 4.09. The standard InChI is InChI=1S/C16H19N3O/c1-2-3-11-17-16(20)10-9-14-12-18-19(13-14)15-7-5-4-6-8-15/h4-10,12-13H,2-3,11H2,1H3,(H,17,20)/b10-9+. The highest BCUT2D eigenvalue weighted by molar-refractivity contribution is 5.91. The molecule has 0 saturated carbocycles. The molecule has 0 aliphatic carbocycles. The number of nitrogens with zero attached hydrogens (tertiary/aromatic N) is 2. The van der Waals surface area contributed by atoms with Gasteiger partial charge in [0.25, 0.3) is 0 Å². The van der Waals surface area contributed by atoms with E-state index in [1.54, 1.807) is 23.0 Å². The van der Waals surface area contributed by atoms with Crippen LogP contribution in [0.2, 0.25) is 0 Å². The number of aromatic nitrogens is 2. The van der Waals surface area contributed by atoms with Crippen LogP contribution in [0.25, 0.3) is 11.8 Å². The van der Waals surface area contributed by atoms with Gasteiger partial charge in [-0.3, -0.25) is 4.79 Å². The summed E-state index contributed by atoms with van der Waals surface area (Å²) in [6.07, 6.45) is 9.03. The molecule has 4 heteroatoms. The van der Waals surface area contributed by atoms with Crippen LogP contribution in [0.3, 0.4) is 0 Å². The van der Waals surface area contributed by atoms with E-state index in [9.17, 15) is 4.79 Å². The number of carbonyl (C=O) groups excluding carboxylic acids is 1. The Morgan fingerprint density at radius 2 is 2.15 bits per heavy atom. The van der Waals surface area contributed by atoms with Gasteiger partial charge in [-0.25, -0.2) is 4.68 Å². The van der Waals surface area contributed by atoms with Crippen LogP contribution in [0.15, 0.2) is 48.8 Å². The summed E-state index contributed by atoms with van der Waals surface area (Å²) in [5.74, 6) is -0.0640. The van der Waals surface area contributed by atoms with Crippen LogP contribution in [0, 0.1) is 0 Å². The van der Waals surface area contributed by atoms with Crippen molar-refractivity contribution in [3.63, 3.8) is 0 Å². The van der Waals surface area contributed by atoms with E-state index in [0.29, 0.717) is 0 Å². The van der Waals surface area contributed by atoms with Crippen LogP contribution in [-0.4, -0.2) is 22.2 Å². The van der Waals surface area contributed by atoms with Gasteiger partial charge in [-0.1, -0.05) is 31.5 Å². The van der Waals surface area contributed by atoms with Gasteiger partial charge in [-0.15, -0.1) is 0 Å². The SMILES string of the molecule is CCCCNC(=O)/C=C/c1cnn(-c2ccccc2)c1. The van der Waals surface area contributed by atoms with Crippen molar-refractivity contribution in [1.82, 2.24) is 15.1 Å². The Morgan fingerprint density at radius 3 is 2.90 bits per heavy atom. The molecule has 1 amide bonds. The summed E-state index contributed by atoms with van der Waals surface area (Å²) < 4.78 is 1.79. The van der Waals surface area contributed by atoms with Crippen LogP contribution in [0.1, 0.15) is 25.3 Å². The second-order valence-corrected chi connectivity index (χ2v) is 4.53. The number of amides is 1. The van der Waals surface area contributed by atoms with Gasteiger partial charge in [-0.05, 0) is 24.6 Å². The molecule has 0 bridgehead atoms. The van der Waals surface area contributed by atoms with E-state index in [1.807, 2.05) is 36.5 Å². The normalized spacial score (nSPS) is 10.8. The summed E-state index contributed by atoms with van der Waals surface area (Å²) in [6.45, 7) is 2.82. The van der Waals surface area contributed by atoms with Crippen LogP contribution in [-0.2, 0) is 4.79 Å². The van der Waals surface area contributed by atoms with Crippen molar-refractivity contribution < 1.29 is 4.79 Å². The first-order chi connectivity index (χ1) is 9.79. The number of carbonyl (C=O) groups is 1. The zero-order valence-corrected chi connectivity index (χ0v) is 11.6. The molecule has 2 aromatic rings. The smallest absolute Gasteiger partial charge is 0.244 e. The lowest BCUT2D eigenvalue weighted by atomic mass is 10.3. The molecule has 0 saturated heterocycles. The fraction of sp³-hybridized carbons (Fsp3) is 0.250. The molecule has 104 valence electrons. The first-order valence-electron chi connectivity index (χ1n) is 6.85. The predicted octanol–water partition coefficient (Wildman–Crippen LogP) is 2.80. The third-order valence-corrected chi connectivity index (χ3v) is 2.88. The molecule has 1 heterocycles. The summed E-state index contributed by atoms with van der Waals surface area (Å²) in [6, 6.07) is 9.87. The lowest BCUT2D eigenvalue weighted by Gasteiger charge is -1.99. The van der Waals surface area contributed by atoms with Gasteiger partial charge in [0.2, 0.25) is 5.91 Å². The number of para-hydroxylation sites is 1. The lowest BCUT2D eigenvalue weighted by Crippen LogP contribution is -2.21. The first kappa shape index (κ1) is 14.1. The lowest BCUT2D eigenvalue weighted by molar-refractivity contribution is -0.116. The Balaban J connectivity index is 1.94. The molecule has 0 unspecified atom stereocenters. The number of nitrogens with one attached hydrogen (secondary N) is 1. The molecule has 0 fully saturated rings. The molecule has 0 aliphatic rings. The van der Waals surface area contributed by atoms with Gasteiger partial charge < -0.3 is 5.32 Å². The first-order valence-corrected chi connectivity index (χ1v) is 6.85. The summed E-state index contributed by atoms with van der Waals surface area (Å²) in [7, 11) is 0. The number of benzene rings is 1. The molecule has 1 aromatic heterocycles. The van der Waals surface area contributed by atoms with Crippen LogP contribution in [0.5, 0.6) is 0 Å². The summed E-state index contributed by atoms with van der Waals surface area (Å²) in [4.78, 5) is 11.5. The fourth-order valence-electron chi connectivity index (χ4n) is 1.76. The molecule has 20 heavy (non-hydrogen) atoms. The van der Waals surface area contributed by atoms with Gasteiger partial charge in [-0.2, -0.15) is 5.10 Å². The monoisotopic (exact) mass is 269 g/mol. The Hall–Kier alpha value is -2.36. The second kappa shape index (κ2) is 7.28. The largest absolute Gasteiger partial charge is 0.353 e. The third-order valence-electron chi connectivity index (χ3n) is 2.88. The predicted molar refractivity (Wildman–Crippen MR) is 80.5 cm³/mol. The van der Waals surface area contributed by atoms with Crippen molar-refractivity contribution in [3.8, 4) is 5.69 Å². The Kier molecular flexibility index (Phi) is 5.12. The van der Waals surface area contributed by atoms with E-state index in [2.05, 4.69) is 17.3 Å². The summed E-state index contributed by atoms with van der Waals surface area (Å²) >= 11 is 0. The van der Waals surface area contributed by atoms with Gasteiger partial charge >= 0.3 is 0 Å². The van der Waals surface area contributed by atoms with Gasteiger partial charge in [0.05, 0.1) is 11.9 Å². The highest BCUT2D eigenvalue weighted by atomic mass is 16.1. The molecule has 0 radical (unpaired) electrons. The fourth-order valence-corrected chi connectivity index (χ4v) is 1.76. The van der Waals surface area contributed by atoms with Crippen molar-refractivity contribution in [2.24, 2.45) is 0 Å². The van der Waals surface area contributed by atoms with Crippen LogP contribution in [0.4, 0.5) is 0 Å². The average Bonchev–Trinajstić information content (AvgIpc) is 2.95. The van der Waals surface area contributed by atoms with Gasteiger partial charge in [0, 0.05) is 24.4 Å². The van der Waals surface area contributed by atoms with Crippen LogP contribution >= 0.6 is 0 Å². The van der Waals surface area contributed by atoms with E-state index in [1.165, 1.54) is 0 Å². The summed E-state index contributed by atoms with van der Waals surface area (Å²) in [5.41, 5.74) is 1.90. The van der Waals surface area contributed by atoms with Gasteiger partial charge in [0.1, 0.15) is 0 Å². The minimum absolute atomic E-state index is 0.0640. The molecular weight excluding hydrogens is 250 g/mol. The zero-order chi connectivity index (χ0) is 14.2. The molecule has 0 aliphatic heterocycles. The number of hydrogen-bond donors (Lipinski definition) is 1. The highest BCUT2D eigenvalue weighted by Crippen LogP contribution is 2.08. The van der Waals surface area contributed by atoms with Crippen molar-refractivity contribution in [2.45, 2.75) is 19.8 Å². The van der Waals surface area contributed by atoms with E-state index in [-0.39, 0.29) is 5.91 Å². The van der Waals surface area contributed by atoms with E-state index >= 15 is 0 Å². The molecule has 4 nitrogen and oxygen atoms in total. The maximum absolute atomic E-state index is 11.5. The van der Waals surface area contributed by atoms with E-state index < -0.39 is 0 Å². The topological polar surface area (TPSA) is 46.9 Å². The minimum Gasteiger partial charge on any atom is -0.353 e. The maximum Gasteiger partial charge on any atom is 0.244 e. The van der Waals surface area contributed by atoms with E-state index in [4.69, 9.17) is 0 Å². The summed E-state index contributed by atoms with van der Waals surface area (Å²) in [5, 5.41) is 7.11. The zero-order valence-electron chi connectivity index (χ0n) is 11.6. The molecular formula is C16H19N3O. The molecule has 1 N–H and O–H groups in total. The van der Waals surface area contributed by atoms with Crippen molar-refractivity contribution in [2.75, 3.05) is 6.54 Å². The molecule has 0 spiro atoms. The van der Waals surface area contributed by atoms with Crippen molar-refractivity contribution in [3.05, 3.63) is 54.4 Å². The van der Waals surface area contributed by atoms with Gasteiger partial charge in [0.15, 0.2) is 0 Å². The number of unbranched alkanes of at least 4 members (excludes halogenated alkanes) is 1. The number of hydrogen-bond acceptors (Lipinski definition) is 2. The quantitative estimate of drug-likeness (QED) is 0.647. The number of rotatable bonds is 6.